The number of nitrogens with two attached hydrogens (primary N) is 1. The summed E-state index contributed by atoms with van der Waals surface area (Å²) in [6.07, 6.45) is 4.00. The zero-order chi connectivity index (χ0) is 12.3. The molecule has 2 N–H and O–H groups in total. The van der Waals surface area contributed by atoms with Crippen LogP contribution < -0.4 is 5.73 Å². The maximum atomic E-state index is 13.2. The van der Waals surface area contributed by atoms with Crippen LogP contribution in [0.15, 0.2) is 24.3 Å². The topological polar surface area (TPSA) is 29.3 Å². The fourth-order valence-corrected chi connectivity index (χ4v) is 2.49. The third-order valence-corrected chi connectivity index (χ3v) is 3.76. The summed E-state index contributed by atoms with van der Waals surface area (Å²) in [7, 11) is 2.08. The average molecular weight is 236 g/mol. The molecule has 1 unspecified atom stereocenters. The fourth-order valence-electron chi connectivity index (χ4n) is 2.49. The number of rotatable bonds is 5. The lowest BCUT2D eigenvalue weighted by Crippen LogP contribution is -2.36. The molecule has 3 heteroatoms. The summed E-state index contributed by atoms with van der Waals surface area (Å²) in [5.74, 6) is 0.626. The van der Waals surface area contributed by atoms with Crippen LogP contribution in [0.25, 0.3) is 0 Å². The van der Waals surface area contributed by atoms with E-state index in [1.807, 2.05) is 6.07 Å². The summed E-state index contributed by atoms with van der Waals surface area (Å²) >= 11 is 0. The summed E-state index contributed by atoms with van der Waals surface area (Å²) in [4.78, 5) is 2.26. The predicted octanol–water partition coefficient (Wildman–Crippen LogP) is 2.56. The molecule has 1 aromatic carbocycles. The Labute approximate surface area is 103 Å². The Morgan fingerprint density at radius 3 is 2.76 bits per heavy atom. The van der Waals surface area contributed by atoms with Gasteiger partial charge in [-0.1, -0.05) is 18.6 Å². The molecule has 0 bridgehead atoms. The van der Waals surface area contributed by atoms with Crippen molar-refractivity contribution >= 4 is 0 Å². The van der Waals surface area contributed by atoms with Gasteiger partial charge in [0.05, 0.1) is 0 Å². The summed E-state index contributed by atoms with van der Waals surface area (Å²) in [5.41, 5.74) is 6.81. The van der Waals surface area contributed by atoms with Crippen molar-refractivity contribution in [1.29, 1.82) is 0 Å². The van der Waals surface area contributed by atoms with Crippen molar-refractivity contribution in [3.63, 3.8) is 0 Å². The zero-order valence-corrected chi connectivity index (χ0v) is 10.4. The van der Waals surface area contributed by atoms with E-state index >= 15 is 0 Å². The Balaban J connectivity index is 2.03. The normalized spacial score (nSPS) is 18.1. The van der Waals surface area contributed by atoms with Gasteiger partial charge in [0.15, 0.2) is 0 Å². The van der Waals surface area contributed by atoms with Gasteiger partial charge in [0.1, 0.15) is 5.82 Å². The largest absolute Gasteiger partial charge is 0.329 e. The molecule has 0 saturated heterocycles. The lowest BCUT2D eigenvalue weighted by Gasteiger charge is -2.34. The smallest absolute Gasteiger partial charge is 0.123 e. The molecule has 17 heavy (non-hydrogen) atoms. The van der Waals surface area contributed by atoms with E-state index in [1.165, 1.54) is 25.3 Å². The van der Waals surface area contributed by atoms with Crippen molar-refractivity contribution in [2.24, 2.45) is 11.7 Å². The second-order valence-corrected chi connectivity index (χ2v) is 5.04. The van der Waals surface area contributed by atoms with E-state index in [1.54, 1.807) is 12.1 Å². The highest BCUT2D eigenvalue weighted by Gasteiger charge is 2.23. The summed E-state index contributed by atoms with van der Waals surface area (Å²) in [6, 6.07) is 6.91. The standard InChI is InChI=1S/C14H21FN2/c1-17(10-11-4-2-5-11)14(9-16)12-6-3-7-13(15)8-12/h3,6-8,11,14H,2,4-5,9-10,16H2,1H3. The van der Waals surface area contributed by atoms with Gasteiger partial charge in [-0.3, -0.25) is 4.90 Å². The van der Waals surface area contributed by atoms with Crippen LogP contribution in [0, 0.1) is 11.7 Å². The molecule has 0 aliphatic heterocycles. The van der Waals surface area contributed by atoms with Gasteiger partial charge in [0.25, 0.3) is 0 Å². The van der Waals surface area contributed by atoms with Gasteiger partial charge in [-0.2, -0.15) is 0 Å². The molecule has 2 rings (SSSR count). The summed E-state index contributed by atoms with van der Waals surface area (Å²) in [6.45, 7) is 1.60. The van der Waals surface area contributed by atoms with E-state index in [0.29, 0.717) is 6.54 Å². The fraction of sp³-hybridized carbons (Fsp3) is 0.571. The molecule has 0 spiro atoms. The molecule has 94 valence electrons. The molecule has 1 saturated carbocycles. The van der Waals surface area contributed by atoms with Gasteiger partial charge < -0.3 is 5.73 Å². The highest BCUT2D eigenvalue weighted by Crippen LogP contribution is 2.29. The van der Waals surface area contributed by atoms with Crippen molar-refractivity contribution < 1.29 is 4.39 Å². The first-order chi connectivity index (χ1) is 8.20. The van der Waals surface area contributed by atoms with Crippen LogP contribution in [-0.2, 0) is 0 Å². The first-order valence-electron chi connectivity index (χ1n) is 6.36. The maximum Gasteiger partial charge on any atom is 0.123 e. The minimum atomic E-state index is -0.182. The highest BCUT2D eigenvalue weighted by atomic mass is 19.1. The van der Waals surface area contributed by atoms with E-state index in [9.17, 15) is 4.39 Å². The Hall–Kier alpha value is -0.930. The molecule has 1 aliphatic rings. The molecule has 1 fully saturated rings. The SMILES string of the molecule is CN(CC1CCC1)C(CN)c1cccc(F)c1. The summed E-state index contributed by atoms with van der Waals surface area (Å²) in [5, 5.41) is 0. The Morgan fingerprint density at radius 2 is 2.24 bits per heavy atom. The number of halogens is 1. The third-order valence-electron chi connectivity index (χ3n) is 3.76. The van der Waals surface area contributed by atoms with Gasteiger partial charge in [-0.25, -0.2) is 4.39 Å². The van der Waals surface area contributed by atoms with Crippen molar-refractivity contribution in [3.8, 4) is 0 Å². The molecule has 0 heterocycles. The van der Waals surface area contributed by atoms with E-state index in [2.05, 4.69) is 11.9 Å². The zero-order valence-electron chi connectivity index (χ0n) is 10.4. The minimum absolute atomic E-state index is 0.131. The first kappa shape index (κ1) is 12.5. The number of hydrogen-bond donors (Lipinski definition) is 1. The average Bonchev–Trinajstić information content (AvgIpc) is 2.25. The Morgan fingerprint density at radius 1 is 1.47 bits per heavy atom. The molecular formula is C14H21FN2. The first-order valence-corrected chi connectivity index (χ1v) is 6.36. The number of nitrogens with zero attached hydrogens (tertiary/aromatic N) is 1. The van der Waals surface area contributed by atoms with Crippen LogP contribution in [-0.4, -0.2) is 25.0 Å². The van der Waals surface area contributed by atoms with Gasteiger partial charge in [0, 0.05) is 19.1 Å². The quantitative estimate of drug-likeness (QED) is 0.851. The minimum Gasteiger partial charge on any atom is -0.329 e. The van der Waals surface area contributed by atoms with Crippen molar-refractivity contribution in [1.82, 2.24) is 4.90 Å². The molecule has 0 radical (unpaired) electrons. The lowest BCUT2D eigenvalue weighted by atomic mass is 9.85. The monoisotopic (exact) mass is 236 g/mol. The van der Waals surface area contributed by atoms with Crippen LogP contribution in [0.4, 0.5) is 4.39 Å². The van der Waals surface area contributed by atoms with Gasteiger partial charge in [0.2, 0.25) is 0 Å². The molecule has 2 nitrogen and oxygen atoms in total. The van der Waals surface area contributed by atoms with E-state index in [0.717, 1.165) is 18.0 Å². The Bertz CT molecular complexity index is 363. The lowest BCUT2D eigenvalue weighted by molar-refractivity contribution is 0.164. The van der Waals surface area contributed by atoms with Crippen LogP contribution in [0.2, 0.25) is 0 Å². The second-order valence-electron chi connectivity index (χ2n) is 5.04. The Kier molecular flexibility index (Phi) is 4.13. The summed E-state index contributed by atoms with van der Waals surface area (Å²) < 4.78 is 13.2. The van der Waals surface area contributed by atoms with Crippen molar-refractivity contribution in [2.75, 3.05) is 20.1 Å². The van der Waals surface area contributed by atoms with Crippen LogP contribution >= 0.6 is 0 Å². The molecule has 1 aromatic rings. The number of benzene rings is 1. The van der Waals surface area contributed by atoms with Crippen LogP contribution in [0.1, 0.15) is 30.9 Å². The number of hydrogen-bond acceptors (Lipinski definition) is 2. The third kappa shape index (κ3) is 3.05. The maximum absolute atomic E-state index is 13.2. The van der Waals surface area contributed by atoms with Gasteiger partial charge in [-0.15, -0.1) is 0 Å². The van der Waals surface area contributed by atoms with E-state index < -0.39 is 0 Å². The second kappa shape index (κ2) is 5.61. The number of likely N-dealkylation sites (N-methyl/N-ethyl adjacent to an activating group) is 1. The van der Waals surface area contributed by atoms with Gasteiger partial charge >= 0.3 is 0 Å². The molecule has 1 atom stereocenters. The molecule has 1 aliphatic carbocycles. The van der Waals surface area contributed by atoms with Crippen molar-refractivity contribution in [3.05, 3.63) is 35.6 Å². The van der Waals surface area contributed by atoms with E-state index in [-0.39, 0.29) is 11.9 Å². The van der Waals surface area contributed by atoms with Crippen molar-refractivity contribution in [2.45, 2.75) is 25.3 Å². The highest BCUT2D eigenvalue weighted by molar-refractivity contribution is 5.20. The molecular weight excluding hydrogens is 215 g/mol. The molecule has 0 amide bonds. The molecule has 0 aromatic heterocycles. The van der Waals surface area contributed by atoms with Crippen LogP contribution in [0.3, 0.4) is 0 Å². The van der Waals surface area contributed by atoms with Crippen LogP contribution in [0.5, 0.6) is 0 Å². The predicted molar refractivity (Wildman–Crippen MR) is 68.2 cm³/mol. The van der Waals surface area contributed by atoms with E-state index in [4.69, 9.17) is 5.73 Å². The van der Waals surface area contributed by atoms with Gasteiger partial charge in [-0.05, 0) is 43.5 Å².